The molecular weight excluding hydrogens is 350 g/mol. The zero-order chi connectivity index (χ0) is 18.1. The molecule has 2 amide bonds. The molecule has 2 fully saturated rings. The van der Waals surface area contributed by atoms with Crippen LogP contribution in [-0.4, -0.2) is 44.0 Å². The maximum absolute atomic E-state index is 12.9. The van der Waals surface area contributed by atoms with Crippen molar-refractivity contribution in [3.05, 3.63) is 59.6 Å². The Kier molecular flexibility index (Phi) is 4.66. The van der Waals surface area contributed by atoms with E-state index >= 15 is 0 Å². The number of rotatable bonds is 3. The van der Waals surface area contributed by atoms with Crippen LogP contribution >= 0.6 is 11.6 Å². The van der Waals surface area contributed by atoms with Crippen molar-refractivity contribution in [3.63, 3.8) is 0 Å². The van der Waals surface area contributed by atoms with Crippen LogP contribution in [0.15, 0.2) is 54.6 Å². The second-order valence-corrected chi connectivity index (χ2v) is 7.22. The SMILES string of the molecule is O=C1CC([NH+]2CCN(c3ccc(Cl)cc3)CC2)C(=O)N1c1ccccc1. The molecule has 26 heavy (non-hydrogen) atoms. The Hall–Kier alpha value is -2.37. The van der Waals surface area contributed by atoms with Gasteiger partial charge in [0.05, 0.1) is 38.3 Å². The van der Waals surface area contributed by atoms with E-state index in [2.05, 4.69) is 4.90 Å². The van der Waals surface area contributed by atoms with E-state index in [9.17, 15) is 9.59 Å². The van der Waals surface area contributed by atoms with Gasteiger partial charge in [0.15, 0.2) is 6.04 Å². The van der Waals surface area contributed by atoms with Crippen LogP contribution in [0.5, 0.6) is 0 Å². The van der Waals surface area contributed by atoms with E-state index in [1.54, 1.807) is 0 Å². The van der Waals surface area contributed by atoms with E-state index in [-0.39, 0.29) is 17.9 Å². The van der Waals surface area contributed by atoms with Crippen molar-refractivity contribution in [2.24, 2.45) is 0 Å². The smallest absolute Gasteiger partial charge is 0.292 e. The molecule has 0 aromatic heterocycles. The van der Waals surface area contributed by atoms with Gasteiger partial charge in [-0.3, -0.25) is 9.59 Å². The average Bonchev–Trinajstić information content (AvgIpc) is 2.97. The highest BCUT2D eigenvalue weighted by Gasteiger charge is 2.46. The standard InChI is InChI=1S/C20H20ClN3O2/c21-15-6-8-16(9-7-15)22-10-12-23(13-11-22)18-14-19(25)24(20(18)26)17-4-2-1-3-5-17/h1-9,18H,10-14H2/p+1. The van der Waals surface area contributed by atoms with Gasteiger partial charge in [-0.2, -0.15) is 0 Å². The molecule has 0 aliphatic carbocycles. The van der Waals surface area contributed by atoms with Gasteiger partial charge in [-0.05, 0) is 36.4 Å². The Morgan fingerprint density at radius 1 is 0.885 bits per heavy atom. The summed E-state index contributed by atoms with van der Waals surface area (Å²) < 4.78 is 0. The van der Waals surface area contributed by atoms with Gasteiger partial charge in [0.1, 0.15) is 0 Å². The van der Waals surface area contributed by atoms with E-state index in [0.717, 1.165) is 36.9 Å². The number of carbonyl (C=O) groups excluding carboxylic acids is 2. The van der Waals surface area contributed by atoms with Gasteiger partial charge < -0.3 is 9.80 Å². The summed E-state index contributed by atoms with van der Waals surface area (Å²) in [4.78, 5) is 30.1. The van der Waals surface area contributed by atoms with Gasteiger partial charge >= 0.3 is 0 Å². The minimum absolute atomic E-state index is 0.0730. The number of carbonyl (C=O) groups is 2. The third-order valence-corrected chi connectivity index (χ3v) is 5.50. The Morgan fingerprint density at radius 3 is 2.19 bits per heavy atom. The molecule has 0 bridgehead atoms. The van der Waals surface area contributed by atoms with Gasteiger partial charge in [-0.1, -0.05) is 29.8 Å². The fraction of sp³-hybridized carbons (Fsp3) is 0.300. The summed E-state index contributed by atoms with van der Waals surface area (Å²) in [5, 5.41) is 0.731. The fourth-order valence-corrected chi connectivity index (χ4v) is 3.98. The van der Waals surface area contributed by atoms with Crippen molar-refractivity contribution in [3.8, 4) is 0 Å². The quantitative estimate of drug-likeness (QED) is 0.830. The molecule has 0 spiro atoms. The number of nitrogens with zero attached hydrogens (tertiary/aromatic N) is 2. The zero-order valence-corrected chi connectivity index (χ0v) is 15.2. The lowest BCUT2D eigenvalue weighted by atomic mass is 10.1. The van der Waals surface area contributed by atoms with Gasteiger partial charge in [-0.25, -0.2) is 4.90 Å². The van der Waals surface area contributed by atoms with Crippen molar-refractivity contribution >= 4 is 34.8 Å². The molecule has 1 unspecified atom stereocenters. The summed E-state index contributed by atoms with van der Waals surface area (Å²) in [5.41, 5.74) is 1.82. The largest absolute Gasteiger partial charge is 0.360 e. The molecule has 1 N–H and O–H groups in total. The first kappa shape index (κ1) is 17.1. The predicted molar refractivity (Wildman–Crippen MR) is 102 cm³/mol. The van der Waals surface area contributed by atoms with E-state index in [4.69, 9.17) is 11.6 Å². The molecular formula is C20H21ClN3O2+. The second-order valence-electron chi connectivity index (χ2n) is 6.78. The van der Waals surface area contributed by atoms with Gasteiger partial charge in [0, 0.05) is 10.7 Å². The van der Waals surface area contributed by atoms with Crippen LogP contribution in [0.25, 0.3) is 0 Å². The molecule has 2 heterocycles. The molecule has 2 aromatic carbocycles. The number of imide groups is 1. The number of benzene rings is 2. The molecule has 5 nitrogen and oxygen atoms in total. The summed E-state index contributed by atoms with van der Waals surface area (Å²) in [6.45, 7) is 3.41. The van der Waals surface area contributed by atoms with Crippen LogP contribution < -0.4 is 14.7 Å². The van der Waals surface area contributed by atoms with Crippen molar-refractivity contribution < 1.29 is 14.5 Å². The number of anilines is 2. The number of piperazine rings is 1. The highest BCUT2D eigenvalue weighted by atomic mass is 35.5. The lowest BCUT2D eigenvalue weighted by Crippen LogP contribution is -3.19. The summed E-state index contributed by atoms with van der Waals surface area (Å²) in [5.74, 6) is -0.171. The minimum Gasteiger partial charge on any atom is -0.360 e. The van der Waals surface area contributed by atoms with Gasteiger partial charge in [0.2, 0.25) is 5.91 Å². The van der Waals surface area contributed by atoms with Crippen LogP contribution in [0.4, 0.5) is 11.4 Å². The second kappa shape index (κ2) is 7.09. The van der Waals surface area contributed by atoms with E-state index < -0.39 is 0 Å². The zero-order valence-electron chi connectivity index (χ0n) is 14.4. The lowest BCUT2D eigenvalue weighted by molar-refractivity contribution is -0.915. The Balaban J connectivity index is 1.42. The first-order chi connectivity index (χ1) is 12.6. The van der Waals surface area contributed by atoms with Gasteiger partial charge in [0.25, 0.3) is 5.91 Å². The maximum atomic E-state index is 12.9. The Morgan fingerprint density at radius 2 is 1.54 bits per heavy atom. The number of para-hydroxylation sites is 1. The summed E-state index contributed by atoms with van der Waals surface area (Å²) >= 11 is 5.96. The minimum atomic E-state index is -0.268. The van der Waals surface area contributed by atoms with Crippen molar-refractivity contribution in [1.29, 1.82) is 0 Å². The monoisotopic (exact) mass is 370 g/mol. The van der Waals surface area contributed by atoms with Crippen LogP contribution in [0.1, 0.15) is 6.42 Å². The van der Waals surface area contributed by atoms with Crippen molar-refractivity contribution in [2.45, 2.75) is 12.5 Å². The van der Waals surface area contributed by atoms with Crippen LogP contribution in [-0.2, 0) is 9.59 Å². The molecule has 4 rings (SSSR count). The summed E-state index contributed by atoms with van der Waals surface area (Å²) in [7, 11) is 0. The number of amides is 2. The van der Waals surface area contributed by atoms with Crippen LogP contribution in [0, 0.1) is 0 Å². The summed E-state index contributed by atoms with van der Waals surface area (Å²) in [6.07, 6.45) is 0.296. The summed E-state index contributed by atoms with van der Waals surface area (Å²) in [6, 6.07) is 16.8. The fourth-order valence-electron chi connectivity index (χ4n) is 3.85. The number of nitrogens with one attached hydrogen (secondary N) is 1. The molecule has 0 saturated carbocycles. The van der Waals surface area contributed by atoms with Gasteiger partial charge in [-0.15, -0.1) is 0 Å². The number of quaternary nitrogens is 1. The molecule has 2 saturated heterocycles. The topological polar surface area (TPSA) is 45.1 Å². The van der Waals surface area contributed by atoms with E-state index in [0.29, 0.717) is 12.1 Å². The predicted octanol–water partition coefficient (Wildman–Crippen LogP) is 1.38. The van der Waals surface area contributed by atoms with Crippen LogP contribution in [0.3, 0.4) is 0 Å². The van der Waals surface area contributed by atoms with Crippen LogP contribution in [0.2, 0.25) is 5.02 Å². The molecule has 1 atom stereocenters. The molecule has 2 aromatic rings. The molecule has 0 radical (unpaired) electrons. The number of halogens is 1. The highest BCUT2D eigenvalue weighted by Crippen LogP contribution is 2.22. The first-order valence-electron chi connectivity index (χ1n) is 8.90. The molecule has 2 aliphatic rings. The van der Waals surface area contributed by atoms with E-state index in [1.807, 2.05) is 54.6 Å². The molecule has 6 heteroatoms. The average molecular weight is 371 g/mol. The normalized spacial score (nSPS) is 21.5. The van der Waals surface area contributed by atoms with Crippen molar-refractivity contribution in [2.75, 3.05) is 36.0 Å². The highest BCUT2D eigenvalue weighted by molar-refractivity contribution is 6.30. The first-order valence-corrected chi connectivity index (χ1v) is 9.28. The molecule has 134 valence electrons. The maximum Gasteiger partial charge on any atom is 0.292 e. The Labute approximate surface area is 157 Å². The third kappa shape index (κ3) is 3.20. The molecule has 2 aliphatic heterocycles. The van der Waals surface area contributed by atoms with Crippen molar-refractivity contribution in [1.82, 2.24) is 0 Å². The number of hydrogen-bond acceptors (Lipinski definition) is 3. The lowest BCUT2D eigenvalue weighted by Gasteiger charge is -2.35. The Bertz CT molecular complexity index is 802. The number of hydrogen-bond donors (Lipinski definition) is 1. The van der Waals surface area contributed by atoms with E-state index in [1.165, 1.54) is 9.80 Å². The third-order valence-electron chi connectivity index (χ3n) is 5.25.